The van der Waals surface area contributed by atoms with Crippen molar-refractivity contribution in [3.63, 3.8) is 0 Å². The van der Waals surface area contributed by atoms with Gasteiger partial charge in [0, 0.05) is 3.57 Å². The molecule has 2 atom stereocenters. The van der Waals surface area contributed by atoms with E-state index in [2.05, 4.69) is 28.7 Å². The first-order chi connectivity index (χ1) is 8.18. The van der Waals surface area contributed by atoms with E-state index in [9.17, 15) is 5.11 Å². The van der Waals surface area contributed by atoms with Gasteiger partial charge in [0.2, 0.25) is 0 Å². The second-order valence-electron chi connectivity index (χ2n) is 4.97. The fourth-order valence-corrected chi connectivity index (χ4v) is 3.25. The molecule has 1 fully saturated rings. The number of hydrogen-bond donors (Lipinski definition) is 2. The van der Waals surface area contributed by atoms with Crippen LogP contribution in [-0.2, 0) is 0 Å². The fourth-order valence-electron chi connectivity index (χ4n) is 2.68. The molecule has 1 aromatic rings. The van der Waals surface area contributed by atoms with Gasteiger partial charge in [-0.3, -0.25) is 0 Å². The number of aliphatic hydroxyl groups is 1. The van der Waals surface area contributed by atoms with Crippen LogP contribution < -0.4 is 5.73 Å². The predicted octanol–water partition coefficient (Wildman–Crippen LogP) is 3.23. The summed E-state index contributed by atoms with van der Waals surface area (Å²) in [6, 6.07) is 7.89. The summed E-state index contributed by atoms with van der Waals surface area (Å²) in [4.78, 5) is 0. The van der Waals surface area contributed by atoms with Gasteiger partial charge in [0.1, 0.15) is 0 Å². The van der Waals surface area contributed by atoms with E-state index in [4.69, 9.17) is 5.73 Å². The summed E-state index contributed by atoms with van der Waals surface area (Å²) in [6.45, 7) is 0. The van der Waals surface area contributed by atoms with Gasteiger partial charge in [0.05, 0.1) is 12.1 Å². The molecule has 1 aliphatic rings. The zero-order valence-corrected chi connectivity index (χ0v) is 12.1. The Labute approximate surface area is 117 Å². The molecule has 3 N–H and O–H groups in total. The predicted molar refractivity (Wildman–Crippen MR) is 78.7 cm³/mol. The Morgan fingerprint density at radius 3 is 2.59 bits per heavy atom. The summed E-state index contributed by atoms with van der Waals surface area (Å²) in [5, 5.41) is 10.4. The summed E-state index contributed by atoms with van der Waals surface area (Å²) < 4.78 is 1.17. The van der Waals surface area contributed by atoms with Crippen LogP contribution in [-0.4, -0.2) is 11.2 Å². The van der Waals surface area contributed by atoms with Crippen LogP contribution in [0.2, 0.25) is 0 Å². The van der Waals surface area contributed by atoms with Crippen molar-refractivity contribution in [1.29, 1.82) is 0 Å². The topological polar surface area (TPSA) is 46.2 Å². The van der Waals surface area contributed by atoms with Gasteiger partial charge in [-0.15, -0.1) is 0 Å². The minimum Gasteiger partial charge on any atom is -0.391 e. The average molecular weight is 345 g/mol. The molecule has 0 aromatic heterocycles. The van der Waals surface area contributed by atoms with Crippen molar-refractivity contribution < 1.29 is 5.11 Å². The molecule has 0 bridgehead atoms. The molecule has 0 saturated heterocycles. The van der Waals surface area contributed by atoms with Crippen molar-refractivity contribution in [1.82, 2.24) is 0 Å². The summed E-state index contributed by atoms with van der Waals surface area (Å²) in [5.74, 6) is 0.386. The van der Waals surface area contributed by atoms with Gasteiger partial charge in [0.15, 0.2) is 0 Å². The van der Waals surface area contributed by atoms with Crippen LogP contribution >= 0.6 is 22.6 Å². The van der Waals surface area contributed by atoms with Crippen molar-refractivity contribution in [2.24, 2.45) is 11.7 Å². The second kappa shape index (κ2) is 6.16. The van der Waals surface area contributed by atoms with Crippen LogP contribution in [0.5, 0.6) is 0 Å². The van der Waals surface area contributed by atoms with Gasteiger partial charge in [-0.1, -0.05) is 31.4 Å². The Morgan fingerprint density at radius 2 is 1.94 bits per heavy atom. The molecule has 1 aliphatic carbocycles. The normalized spacial score (nSPS) is 21.1. The Morgan fingerprint density at radius 1 is 1.24 bits per heavy atom. The molecule has 0 unspecified atom stereocenters. The number of benzene rings is 1. The van der Waals surface area contributed by atoms with Crippen molar-refractivity contribution in [3.8, 4) is 0 Å². The van der Waals surface area contributed by atoms with Crippen LogP contribution in [0.15, 0.2) is 24.3 Å². The van der Waals surface area contributed by atoms with E-state index < -0.39 is 6.10 Å². The highest BCUT2D eigenvalue weighted by Crippen LogP contribution is 2.31. The molecular formula is C14H20INO. The molecule has 0 heterocycles. The highest BCUT2D eigenvalue weighted by molar-refractivity contribution is 14.1. The maximum Gasteiger partial charge on any atom is 0.0760 e. The molecule has 94 valence electrons. The lowest BCUT2D eigenvalue weighted by molar-refractivity contribution is 0.0618. The monoisotopic (exact) mass is 345 g/mol. The summed E-state index contributed by atoms with van der Waals surface area (Å²) in [6.07, 6.45) is 5.63. The van der Waals surface area contributed by atoms with Crippen molar-refractivity contribution in [3.05, 3.63) is 33.4 Å². The summed E-state index contributed by atoms with van der Waals surface area (Å²) in [7, 11) is 0. The van der Waals surface area contributed by atoms with Crippen LogP contribution in [0, 0.1) is 9.49 Å². The molecule has 2 nitrogen and oxygen atoms in total. The first-order valence-electron chi connectivity index (χ1n) is 6.37. The quantitative estimate of drug-likeness (QED) is 0.827. The molecule has 17 heavy (non-hydrogen) atoms. The maximum absolute atomic E-state index is 10.4. The number of halogens is 1. The van der Waals surface area contributed by atoms with E-state index in [0.29, 0.717) is 5.92 Å². The minimum atomic E-state index is -0.395. The SMILES string of the molecule is N[C@H](c1cccc(I)c1)[C@@H](O)C1CCCCC1. The van der Waals surface area contributed by atoms with Crippen molar-refractivity contribution >= 4 is 22.6 Å². The zero-order valence-electron chi connectivity index (χ0n) is 9.98. The number of hydrogen-bond acceptors (Lipinski definition) is 2. The van der Waals surface area contributed by atoms with E-state index in [1.54, 1.807) is 0 Å². The fraction of sp³-hybridized carbons (Fsp3) is 0.571. The highest BCUT2D eigenvalue weighted by atomic mass is 127. The molecule has 2 rings (SSSR count). The van der Waals surface area contributed by atoms with E-state index in [-0.39, 0.29) is 6.04 Å². The third kappa shape index (κ3) is 3.42. The van der Waals surface area contributed by atoms with Gasteiger partial charge in [-0.05, 0) is 59.0 Å². The van der Waals surface area contributed by atoms with Crippen LogP contribution in [0.1, 0.15) is 43.7 Å². The largest absolute Gasteiger partial charge is 0.391 e. The van der Waals surface area contributed by atoms with E-state index >= 15 is 0 Å². The third-order valence-electron chi connectivity index (χ3n) is 3.73. The zero-order chi connectivity index (χ0) is 12.3. The Balaban J connectivity index is 2.05. The molecule has 0 radical (unpaired) electrons. The lowest BCUT2D eigenvalue weighted by Crippen LogP contribution is -2.34. The van der Waals surface area contributed by atoms with Crippen molar-refractivity contribution in [2.75, 3.05) is 0 Å². The minimum absolute atomic E-state index is 0.243. The lowest BCUT2D eigenvalue weighted by Gasteiger charge is -2.30. The van der Waals surface area contributed by atoms with Gasteiger partial charge < -0.3 is 10.8 Å². The van der Waals surface area contributed by atoms with Crippen LogP contribution in [0.4, 0.5) is 0 Å². The molecular weight excluding hydrogens is 325 g/mol. The molecule has 0 amide bonds. The first-order valence-corrected chi connectivity index (χ1v) is 7.45. The number of nitrogens with two attached hydrogens (primary N) is 1. The van der Waals surface area contributed by atoms with E-state index in [1.165, 1.54) is 22.8 Å². The third-order valence-corrected chi connectivity index (χ3v) is 4.41. The van der Waals surface area contributed by atoms with E-state index in [0.717, 1.165) is 18.4 Å². The molecule has 3 heteroatoms. The highest BCUT2D eigenvalue weighted by Gasteiger charge is 2.27. The number of rotatable bonds is 3. The molecule has 0 aliphatic heterocycles. The lowest BCUT2D eigenvalue weighted by atomic mass is 9.81. The van der Waals surface area contributed by atoms with Gasteiger partial charge >= 0.3 is 0 Å². The Kier molecular flexibility index (Phi) is 4.82. The summed E-state index contributed by atoms with van der Waals surface area (Å²) >= 11 is 2.28. The van der Waals surface area contributed by atoms with Crippen LogP contribution in [0.3, 0.4) is 0 Å². The van der Waals surface area contributed by atoms with Crippen molar-refractivity contribution in [2.45, 2.75) is 44.2 Å². The van der Waals surface area contributed by atoms with Gasteiger partial charge in [-0.2, -0.15) is 0 Å². The Bertz CT molecular complexity index is 363. The standard InChI is InChI=1S/C14H20INO/c15-12-8-4-7-11(9-12)13(16)14(17)10-5-2-1-3-6-10/h4,7-10,13-14,17H,1-3,5-6,16H2/t13-,14+/m1/s1. The Hall–Kier alpha value is -0.130. The molecule has 1 saturated carbocycles. The summed E-state index contributed by atoms with van der Waals surface area (Å²) in [5.41, 5.74) is 7.24. The first kappa shape index (κ1) is 13.3. The molecule has 0 spiro atoms. The average Bonchev–Trinajstić information content (AvgIpc) is 2.38. The second-order valence-corrected chi connectivity index (χ2v) is 6.22. The number of aliphatic hydroxyl groups excluding tert-OH is 1. The van der Waals surface area contributed by atoms with Gasteiger partial charge in [0.25, 0.3) is 0 Å². The van der Waals surface area contributed by atoms with E-state index in [1.807, 2.05) is 18.2 Å². The smallest absolute Gasteiger partial charge is 0.0760 e. The molecule has 1 aromatic carbocycles. The maximum atomic E-state index is 10.4. The van der Waals surface area contributed by atoms with Crippen LogP contribution in [0.25, 0.3) is 0 Å². The van der Waals surface area contributed by atoms with Gasteiger partial charge in [-0.25, -0.2) is 0 Å².